The Labute approximate surface area is 187 Å². The molecule has 0 aliphatic carbocycles. The Morgan fingerprint density at radius 1 is 0.906 bits per heavy atom. The molecule has 1 heterocycles. The molecular formula is C26H27N3O3. The first-order valence-corrected chi connectivity index (χ1v) is 10.6. The van der Waals surface area contributed by atoms with Gasteiger partial charge >= 0.3 is 0 Å². The van der Waals surface area contributed by atoms with Gasteiger partial charge in [0, 0.05) is 30.8 Å². The van der Waals surface area contributed by atoms with Crippen molar-refractivity contribution in [3.05, 3.63) is 100 Å². The zero-order valence-corrected chi connectivity index (χ0v) is 18.5. The van der Waals surface area contributed by atoms with Crippen molar-refractivity contribution < 1.29 is 9.34 Å². The first-order chi connectivity index (χ1) is 15.3. The van der Waals surface area contributed by atoms with E-state index in [0.717, 1.165) is 22.2 Å². The number of non-ortho nitro benzene ring substituents is 1. The molecule has 0 saturated heterocycles. The Balaban J connectivity index is 1.88. The van der Waals surface area contributed by atoms with Crippen molar-refractivity contribution in [2.45, 2.75) is 39.4 Å². The SMILES string of the molecule is CC(C)(C)Nc1oc2ccc([N+](=O)[O-])cc2c1N(Cc1ccccc1)Cc1ccccc1. The van der Waals surface area contributed by atoms with Gasteiger partial charge in [0.05, 0.1) is 10.3 Å². The number of fused-ring (bicyclic) bond motifs is 1. The van der Waals surface area contributed by atoms with E-state index in [1.807, 2.05) is 36.4 Å². The van der Waals surface area contributed by atoms with Crippen LogP contribution >= 0.6 is 0 Å². The van der Waals surface area contributed by atoms with Gasteiger partial charge in [-0.2, -0.15) is 0 Å². The number of nitro groups is 1. The lowest BCUT2D eigenvalue weighted by atomic mass is 10.1. The lowest BCUT2D eigenvalue weighted by Crippen LogP contribution is -2.28. The molecule has 3 aromatic carbocycles. The molecule has 0 bridgehead atoms. The highest BCUT2D eigenvalue weighted by atomic mass is 16.6. The van der Waals surface area contributed by atoms with E-state index in [2.05, 4.69) is 55.3 Å². The fourth-order valence-corrected chi connectivity index (χ4v) is 3.75. The van der Waals surface area contributed by atoms with Gasteiger partial charge in [0.25, 0.3) is 5.69 Å². The summed E-state index contributed by atoms with van der Waals surface area (Å²) >= 11 is 0. The largest absolute Gasteiger partial charge is 0.438 e. The van der Waals surface area contributed by atoms with Gasteiger partial charge in [0.1, 0.15) is 11.3 Å². The maximum atomic E-state index is 11.5. The number of hydrogen-bond acceptors (Lipinski definition) is 5. The standard InChI is InChI=1S/C26H27N3O3/c1-26(2,3)27-25-24(22-16-21(29(30)31)14-15-23(22)32-25)28(17-19-10-6-4-7-11-19)18-20-12-8-5-9-13-20/h4-16,27H,17-18H2,1-3H3. The van der Waals surface area contributed by atoms with Crippen LogP contribution in [0.1, 0.15) is 31.9 Å². The zero-order valence-electron chi connectivity index (χ0n) is 18.5. The third-order valence-electron chi connectivity index (χ3n) is 5.09. The van der Waals surface area contributed by atoms with Crippen LogP contribution in [0.2, 0.25) is 0 Å². The van der Waals surface area contributed by atoms with Crippen molar-refractivity contribution >= 4 is 28.2 Å². The van der Waals surface area contributed by atoms with Gasteiger partial charge in [-0.1, -0.05) is 60.7 Å². The lowest BCUT2D eigenvalue weighted by Gasteiger charge is -2.28. The Morgan fingerprint density at radius 3 is 1.97 bits per heavy atom. The van der Waals surface area contributed by atoms with E-state index in [4.69, 9.17) is 4.42 Å². The van der Waals surface area contributed by atoms with Gasteiger partial charge in [-0.25, -0.2) is 0 Å². The molecule has 0 spiro atoms. The number of benzene rings is 3. The normalized spacial score (nSPS) is 11.5. The Bertz CT molecular complexity index is 1170. The number of nitro benzene ring substituents is 1. The van der Waals surface area contributed by atoms with Crippen LogP contribution in [-0.4, -0.2) is 10.5 Å². The van der Waals surface area contributed by atoms with Crippen molar-refractivity contribution in [2.24, 2.45) is 0 Å². The molecule has 0 aliphatic rings. The molecule has 1 aromatic heterocycles. The highest BCUT2D eigenvalue weighted by molar-refractivity contribution is 5.99. The molecule has 0 saturated carbocycles. The van der Waals surface area contributed by atoms with Crippen molar-refractivity contribution in [3.8, 4) is 0 Å². The lowest BCUT2D eigenvalue weighted by molar-refractivity contribution is -0.384. The molecule has 0 radical (unpaired) electrons. The van der Waals surface area contributed by atoms with Crippen molar-refractivity contribution in [2.75, 3.05) is 10.2 Å². The zero-order chi connectivity index (χ0) is 22.7. The van der Waals surface area contributed by atoms with Gasteiger partial charge in [0.15, 0.2) is 0 Å². The number of hydrogen-bond donors (Lipinski definition) is 1. The summed E-state index contributed by atoms with van der Waals surface area (Å²) in [4.78, 5) is 13.3. The van der Waals surface area contributed by atoms with Gasteiger partial charge in [-0.3, -0.25) is 10.1 Å². The van der Waals surface area contributed by atoms with Gasteiger partial charge in [-0.05, 0) is 38.0 Å². The molecule has 0 amide bonds. The predicted molar refractivity (Wildman–Crippen MR) is 129 cm³/mol. The topological polar surface area (TPSA) is 71.5 Å². The summed E-state index contributed by atoms with van der Waals surface area (Å²) in [5.74, 6) is 0.611. The minimum atomic E-state index is -0.369. The molecular weight excluding hydrogens is 402 g/mol. The molecule has 6 heteroatoms. The van der Waals surface area contributed by atoms with E-state index in [9.17, 15) is 10.1 Å². The number of anilines is 2. The predicted octanol–water partition coefficient (Wildman–Crippen LogP) is 6.76. The molecule has 164 valence electrons. The molecule has 6 nitrogen and oxygen atoms in total. The molecule has 32 heavy (non-hydrogen) atoms. The van der Waals surface area contributed by atoms with Crippen molar-refractivity contribution in [3.63, 3.8) is 0 Å². The number of nitrogens with one attached hydrogen (secondary N) is 1. The van der Waals surface area contributed by atoms with Crippen LogP contribution in [-0.2, 0) is 13.1 Å². The summed E-state index contributed by atoms with van der Waals surface area (Å²) in [6.45, 7) is 7.44. The molecule has 1 N–H and O–H groups in total. The Kier molecular flexibility index (Phi) is 5.86. The van der Waals surface area contributed by atoms with Crippen LogP contribution in [0.15, 0.2) is 83.3 Å². The summed E-state index contributed by atoms with van der Waals surface area (Å²) in [6, 6.07) is 25.1. The summed E-state index contributed by atoms with van der Waals surface area (Å²) in [6.07, 6.45) is 0. The third-order valence-corrected chi connectivity index (χ3v) is 5.09. The first-order valence-electron chi connectivity index (χ1n) is 10.6. The first kappa shape index (κ1) is 21.4. The monoisotopic (exact) mass is 429 g/mol. The van der Waals surface area contributed by atoms with Crippen LogP contribution in [0.25, 0.3) is 11.0 Å². The van der Waals surface area contributed by atoms with E-state index >= 15 is 0 Å². The van der Waals surface area contributed by atoms with Gasteiger partial charge in [0.2, 0.25) is 5.88 Å². The molecule has 0 aliphatic heterocycles. The fraction of sp³-hybridized carbons (Fsp3) is 0.231. The van der Waals surface area contributed by atoms with Gasteiger partial charge in [-0.15, -0.1) is 0 Å². The van der Waals surface area contributed by atoms with E-state index in [0.29, 0.717) is 24.6 Å². The van der Waals surface area contributed by atoms with Crippen molar-refractivity contribution in [1.29, 1.82) is 0 Å². The fourth-order valence-electron chi connectivity index (χ4n) is 3.75. The second-order valence-corrected chi connectivity index (χ2v) is 8.92. The minimum Gasteiger partial charge on any atom is -0.438 e. The molecule has 0 fully saturated rings. The molecule has 0 atom stereocenters. The minimum absolute atomic E-state index is 0.0428. The van der Waals surface area contributed by atoms with E-state index in [1.54, 1.807) is 12.1 Å². The summed E-state index contributed by atoms with van der Waals surface area (Å²) in [5, 5.41) is 15.7. The number of furan rings is 1. The molecule has 4 rings (SSSR count). The van der Waals surface area contributed by atoms with Crippen LogP contribution in [0.3, 0.4) is 0 Å². The highest BCUT2D eigenvalue weighted by Crippen LogP contribution is 2.42. The molecule has 0 unspecified atom stereocenters. The third kappa shape index (κ3) is 4.91. The second-order valence-electron chi connectivity index (χ2n) is 8.92. The smallest absolute Gasteiger partial charge is 0.270 e. The summed E-state index contributed by atoms with van der Waals surface area (Å²) in [5.41, 5.74) is 3.52. The average molecular weight is 430 g/mol. The Morgan fingerprint density at radius 2 is 1.47 bits per heavy atom. The van der Waals surface area contributed by atoms with E-state index in [1.165, 1.54) is 6.07 Å². The maximum Gasteiger partial charge on any atom is 0.270 e. The quantitative estimate of drug-likeness (QED) is 0.260. The van der Waals surface area contributed by atoms with E-state index in [-0.39, 0.29) is 16.1 Å². The maximum absolute atomic E-state index is 11.5. The van der Waals surface area contributed by atoms with E-state index < -0.39 is 0 Å². The summed E-state index contributed by atoms with van der Waals surface area (Å²) in [7, 11) is 0. The number of rotatable bonds is 7. The highest BCUT2D eigenvalue weighted by Gasteiger charge is 2.25. The van der Waals surface area contributed by atoms with Crippen molar-refractivity contribution in [1.82, 2.24) is 0 Å². The van der Waals surface area contributed by atoms with Crippen LogP contribution in [0.4, 0.5) is 17.3 Å². The van der Waals surface area contributed by atoms with Crippen LogP contribution in [0.5, 0.6) is 0 Å². The molecule has 4 aromatic rings. The van der Waals surface area contributed by atoms with Crippen LogP contribution in [0, 0.1) is 10.1 Å². The number of nitrogens with zero attached hydrogens (tertiary/aromatic N) is 2. The average Bonchev–Trinajstić information content (AvgIpc) is 3.10. The van der Waals surface area contributed by atoms with Crippen LogP contribution < -0.4 is 10.2 Å². The summed E-state index contributed by atoms with van der Waals surface area (Å²) < 4.78 is 6.19. The Hall–Kier alpha value is -3.80. The second kappa shape index (κ2) is 8.75. The van der Waals surface area contributed by atoms with Gasteiger partial charge < -0.3 is 14.6 Å².